The van der Waals surface area contributed by atoms with Crippen molar-refractivity contribution in [3.63, 3.8) is 0 Å². The molecule has 2 unspecified atom stereocenters. The van der Waals surface area contributed by atoms with Gasteiger partial charge in [-0.05, 0) is 18.1 Å². The minimum absolute atomic E-state index is 0.00901. The van der Waals surface area contributed by atoms with Crippen LogP contribution in [0, 0.1) is 11.8 Å². The first kappa shape index (κ1) is 31.6. The second-order valence-corrected chi connectivity index (χ2v) is 11.0. The first-order valence-corrected chi connectivity index (χ1v) is 13.8. The highest BCUT2D eigenvalue weighted by atomic mass is 16.8. The number of aromatic nitrogens is 1. The van der Waals surface area contributed by atoms with E-state index in [0.29, 0.717) is 16.5 Å². The number of aliphatic hydroxyl groups is 4. The lowest BCUT2D eigenvalue weighted by atomic mass is 9.71. The molecular weight excluding hydrogens is 584 g/mol. The zero-order valence-corrected chi connectivity index (χ0v) is 23.5. The molecule has 15 heteroatoms. The Bertz CT molecular complexity index is 1470. The standard InChI is InChI=1S/C29H34N2O13/c1-3-12-15(16(25(38)41-2)11-42-26(12)44-27-22(35)21(34)20(33)19(10-32)43-27)9-29(28(39)40)23-14(8-18(31-29)24(36)37)13-6-4-5-7-17(13)30-23/h3-7,11-12,15,18-22,26-27,30-35H,1,8-10H2,2H3,(H,36,37)(H,39,40)/t12-,15+,18?,19+,20+,21-,22+,26+,27-,29?/m1/s1. The second kappa shape index (κ2) is 12.3. The summed E-state index contributed by atoms with van der Waals surface area (Å²) in [6.45, 7) is 3.11. The molecule has 10 atom stereocenters. The Labute approximate surface area is 250 Å². The number of esters is 1. The zero-order chi connectivity index (χ0) is 31.9. The number of ether oxygens (including phenoxy) is 4. The van der Waals surface area contributed by atoms with E-state index in [2.05, 4.69) is 16.9 Å². The number of carbonyl (C=O) groups is 3. The van der Waals surface area contributed by atoms with Crippen molar-refractivity contribution in [1.29, 1.82) is 0 Å². The third kappa shape index (κ3) is 5.26. The van der Waals surface area contributed by atoms with Gasteiger partial charge in [0.2, 0.25) is 6.29 Å². The van der Waals surface area contributed by atoms with Crippen LogP contribution in [0.3, 0.4) is 0 Å². The van der Waals surface area contributed by atoms with Gasteiger partial charge in [-0.3, -0.25) is 10.1 Å². The molecule has 0 aliphatic carbocycles. The SMILES string of the molecule is C=C[C@H]1[C@H](O[C@H]2O[C@@H](CO)[C@H](O)[C@@H](O)[C@@H]2O)OC=C(C(=O)OC)[C@H]1CC1(C(=O)O)NC(C(=O)O)Cc2c1[nH]c1ccccc21. The number of nitrogens with one attached hydrogen (secondary N) is 2. The van der Waals surface area contributed by atoms with Crippen LogP contribution >= 0.6 is 0 Å². The third-order valence-electron chi connectivity index (χ3n) is 8.58. The van der Waals surface area contributed by atoms with Gasteiger partial charge in [0.15, 0.2) is 11.8 Å². The molecule has 1 saturated heterocycles. The number of rotatable bonds is 9. The van der Waals surface area contributed by atoms with E-state index >= 15 is 0 Å². The van der Waals surface area contributed by atoms with E-state index in [1.807, 2.05) is 0 Å². The summed E-state index contributed by atoms with van der Waals surface area (Å²) in [6, 6.07) is 5.70. The molecule has 1 aromatic carbocycles. The van der Waals surface area contributed by atoms with Crippen LogP contribution < -0.4 is 5.32 Å². The summed E-state index contributed by atoms with van der Waals surface area (Å²) in [5, 5.41) is 64.7. The van der Waals surface area contributed by atoms with Crippen LogP contribution in [-0.4, -0.2) is 110 Å². The van der Waals surface area contributed by atoms with Gasteiger partial charge in [0, 0.05) is 29.2 Å². The minimum Gasteiger partial charge on any atom is -0.480 e. The molecule has 3 aliphatic rings. The van der Waals surface area contributed by atoms with Gasteiger partial charge in [0.25, 0.3) is 0 Å². The average Bonchev–Trinajstić information content (AvgIpc) is 3.40. The summed E-state index contributed by atoms with van der Waals surface area (Å²) < 4.78 is 21.9. The summed E-state index contributed by atoms with van der Waals surface area (Å²) in [6.07, 6.45) is -7.52. The number of para-hydroxylation sites is 1. The number of carbonyl (C=O) groups excluding carboxylic acids is 1. The average molecular weight is 619 g/mol. The Morgan fingerprint density at radius 1 is 1.11 bits per heavy atom. The van der Waals surface area contributed by atoms with E-state index in [4.69, 9.17) is 18.9 Å². The maximum Gasteiger partial charge on any atom is 0.337 e. The number of methoxy groups -OCH3 is 1. The summed E-state index contributed by atoms with van der Waals surface area (Å²) in [7, 11) is 1.13. The highest BCUT2D eigenvalue weighted by molar-refractivity contribution is 5.93. The van der Waals surface area contributed by atoms with Crippen molar-refractivity contribution in [1.82, 2.24) is 10.3 Å². The van der Waals surface area contributed by atoms with Crippen LogP contribution in [0.15, 0.2) is 48.8 Å². The monoisotopic (exact) mass is 618 g/mol. The molecule has 2 aromatic rings. The van der Waals surface area contributed by atoms with Crippen molar-refractivity contribution < 1.29 is 64.0 Å². The van der Waals surface area contributed by atoms with Gasteiger partial charge in [-0.2, -0.15) is 0 Å². The van der Waals surface area contributed by atoms with Gasteiger partial charge in [0.1, 0.15) is 30.5 Å². The topological polar surface area (TPSA) is 237 Å². The maximum atomic E-state index is 13.2. The first-order chi connectivity index (χ1) is 21.0. The largest absolute Gasteiger partial charge is 0.480 e. The fraction of sp³-hybridized carbons (Fsp3) is 0.483. The number of aliphatic carboxylic acids is 2. The van der Waals surface area contributed by atoms with Crippen molar-refractivity contribution >= 4 is 28.8 Å². The number of aliphatic hydroxyl groups excluding tert-OH is 4. The summed E-state index contributed by atoms with van der Waals surface area (Å²) in [5.74, 6) is -5.65. The predicted octanol–water partition coefficient (Wildman–Crippen LogP) is -0.915. The quantitative estimate of drug-likeness (QED) is 0.125. The normalized spacial score (nSPS) is 35.2. The Balaban J connectivity index is 1.57. The number of carboxylic acid groups (broad SMARTS) is 2. The lowest BCUT2D eigenvalue weighted by Crippen LogP contribution is -2.62. The number of benzene rings is 1. The highest BCUT2D eigenvalue weighted by Gasteiger charge is 2.55. The number of H-pyrrole nitrogens is 1. The van der Waals surface area contributed by atoms with Crippen LogP contribution in [-0.2, 0) is 45.3 Å². The fourth-order valence-electron chi connectivity index (χ4n) is 6.29. The van der Waals surface area contributed by atoms with Crippen molar-refractivity contribution in [3.8, 4) is 0 Å². The van der Waals surface area contributed by atoms with E-state index in [9.17, 15) is 45.0 Å². The molecule has 0 bridgehead atoms. The number of hydrogen-bond acceptors (Lipinski definition) is 12. The molecule has 5 rings (SSSR count). The molecule has 4 heterocycles. The fourth-order valence-corrected chi connectivity index (χ4v) is 6.29. The molecule has 1 fully saturated rings. The van der Waals surface area contributed by atoms with Gasteiger partial charge < -0.3 is 54.6 Å². The molecular formula is C29H34N2O13. The van der Waals surface area contributed by atoms with Crippen molar-refractivity contribution in [2.75, 3.05) is 13.7 Å². The van der Waals surface area contributed by atoms with Crippen LogP contribution in [0.5, 0.6) is 0 Å². The van der Waals surface area contributed by atoms with Gasteiger partial charge in [-0.15, -0.1) is 6.58 Å². The third-order valence-corrected chi connectivity index (χ3v) is 8.58. The first-order valence-electron chi connectivity index (χ1n) is 13.8. The smallest absolute Gasteiger partial charge is 0.337 e. The molecule has 3 aliphatic heterocycles. The number of hydrogen-bond donors (Lipinski definition) is 8. The number of aromatic amines is 1. The van der Waals surface area contributed by atoms with Gasteiger partial charge in [-0.1, -0.05) is 24.3 Å². The van der Waals surface area contributed by atoms with Crippen molar-refractivity contribution in [2.24, 2.45) is 11.8 Å². The van der Waals surface area contributed by atoms with E-state index in [0.717, 1.165) is 13.4 Å². The van der Waals surface area contributed by atoms with E-state index in [1.54, 1.807) is 24.3 Å². The maximum absolute atomic E-state index is 13.2. The summed E-state index contributed by atoms with van der Waals surface area (Å²) in [4.78, 5) is 41.6. The van der Waals surface area contributed by atoms with E-state index in [1.165, 1.54) is 6.08 Å². The zero-order valence-electron chi connectivity index (χ0n) is 23.5. The Morgan fingerprint density at radius 3 is 2.48 bits per heavy atom. The molecule has 15 nitrogen and oxygen atoms in total. The van der Waals surface area contributed by atoms with Crippen LogP contribution in [0.2, 0.25) is 0 Å². The van der Waals surface area contributed by atoms with Crippen LogP contribution in [0.25, 0.3) is 10.9 Å². The van der Waals surface area contributed by atoms with E-state index < -0.39 is 91.3 Å². The lowest BCUT2D eigenvalue weighted by Gasteiger charge is -2.45. The van der Waals surface area contributed by atoms with Crippen molar-refractivity contribution in [2.45, 2.75) is 61.4 Å². The second-order valence-electron chi connectivity index (χ2n) is 11.0. The van der Waals surface area contributed by atoms with Crippen LogP contribution in [0.1, 0.15) is 17.7 Å². The molecule has 44 heavy (non-hydrogen) atoms. The molecule has 0 spiro atoms. The molecule has 8 N–H and O–H groups in total. The Kier molecular flexibility index (Phi) is 8.82. The number of fused-ring (bicyclic) bond motifs is 3. The number of carboxylic acids is 2. The summed E-state index contributed by atoms with van der Waals surface area (Å²) in [5.41, 5.74) is -0.859. The molecule has 238 valence electrons. The van der Waals surface area contributed by atoms with Gasteiger partial charge in [-0.25, -0.2) is 9.59 Å². The van der Waals surface area contributed by atoms with Gasteiger partial charge in [0.05, 0.1) is 31.2 Å². The van der Waals surface area contributed by atoms with Crippen LogP contribution in [0.4, 0.5) is 0 Å². The predicted molar refractivity (Wildman–Crippen MR) is 147 cm³/mol. The summed E-state index contributed by atoms with van der Waals surface area (Å²) >= 11 is 0. The molecule has 1 aromatic heterocycles. The molecule has 0 amide bonds. The van der Waals surface area contributed by atoms with Crippen molar-refractivity contribution in [3.05, 3.63) is 60.0 Å². The van der Waals surface area contributed by atoms with Gasteiger partial charge >= 0.3 is 17.9 Å². The highest BCUT2D eigenvalue weighted by Crippen LogP contribution is 2.45. The minimum atomic E-state index is -2.07. The lowest BCUT2D eigenvalue weighted by molar-refractivity contribution is -0.339. The molecule has 0 radical (unpaired) electrons. The Morgan fingerprint density at radius 2 is 1.84 bits per heavy atom. The Hall–Kier alpha value is -3.83. The van der Waals surface area contributed by atoms with E-state index in [-0.39, 0.29) is 17.7 Å². The molecule has 0 saturated carbocycles.